The summed E-state index contributed by atoms with van der Waals surface area (Å²) < 4.78 is 18.7. The van der Waals surface area contributed by atoms with Crippen LogP contribution in [0.1, 0.15) is 43.7 Å². The molecule has 2 fully saturated rings. The summed E-state index contributed by atoms with van der Waals surface area (Å²) in [5.74, 6) is 0.479. The Hall–Kier alpha value is -2.44. The number of benzene rings is 2. The van der Waals surface area contributed by atoms with Crippen LogP contribution in [0.2, 0.25) is 0 Å². The van der Waals surface area contributed by atoms with E-state index in [4.69, 9.17) is 4.74 Å². The van der Waals surface area contributed by atoms with Gasteiger partial charge in [0.25, 0.3) is 5.91 Å². The molecule has 1 amide bonds. The van der Waals surface area contributed by atoms with E-state index in [0.717, 1.165) is 47.6 Å². The average molecular weight is 414 g/mol. The number of hydrogen-bond acceptors (Lipinski definition) is 3. The molecule has 2 aromatic rings. The van der Waals surface area contributed by atoms with Crippen molar-refractivity contribution in [1.29, 1.82) is 0 Å². The number of fused-ring (bicyclic) bond motifs is 1. The summed E-state index contributed by atoms with van der Waals surface area (Å²) in [7, 11) is 1.61. The predicted octanol–water partition coefficient (Wildman–Crippen LogP) is 2.72. The molecular weight excluding hydrogens is 383 g/mol. The molecule has 160 valence electrons. The molecule has 4 rings (SSSR count). The van der Waals surface area contributed by atoms with E-state index in [-0.39, 0.29) is 23.7 Å². The number of hydrogen-bond donors (Lipinski definition) is 3. The second-order valence-electron chi connectivity index (χ2n) is 8.60. The summed E-state index contributed by atoms with van der Waals surface area (Å²) in [4.78, 5) is 13.9. The molecule has 1 aliphatic carbocycles. The molecule has 3 N–H and O–H groups in total. The molecule has 1 unspecified atom stereocenters. The van der Waals surface area contributed by atoms with Gasteiger partial charge >= 0.3 is 0 Å². The van der Waals surface area contributed by atoms with E-state index in [1.54, 1.807) is 7.11 Å². The van der Waals surface area contributed by atoms with Crippen molar-refractivity contribution in [3.8, 4) is 5.75 Å². The van der Waals surface area contributed by atoms with Crippen molar-refractivity contribution in [3.05, 3.63) is 59.9 Å². The molecule has 4 atom stereocenters. The summed E-state index contributed by atoms with van der Waals surface area (Å²) in [5.41, 5.74) is 1.03. The first kappa shape index (κ1) is 20.8. The lowest BCUT2D eigenvalue weighted by Gasteiger charge is -2.50. The van der Waals surface area contributed by atoms with Crippen LogP contribution in [-0.2, 0) is 4.79 Å². The standard InChI is InChI=1S/C24H29FN2O3/c1-30-20-11-9-19(10-12-20)26-22(28)16-27-15-14-24(29)13-3-2-4-21(24)23(27)17-5-7-18(25)8-6-17/h5-12,21,23,29H,2-4,13-16H2,1H3,(H,26,28)/p+1/t21-,23+,24-/m0/s1. The van der Waals surface area contributed by atoms with Gasteiger partial charge in [-0.25, -0.2) is 4.39 Å². The molecule has 1 heterocycles. The van der Waals surface area contributed by atoms with Crippen LogP contribution in [-0.4, -0.2) is 36.8 Å². The number of quaternary nitrogens is 1. The van der Waals surface area contributed by atoms with E-state index in [9.17, 15) is 14.3 Å². The van der Waals surface area contributed by atoms with Gasteiger partial charge < -0.3 is 20.1 Å². The van der Waals surface area contributed by atoms with E-state index in [2.05, 4.69) is 5.32 Å². The molecule has 1 aliphatic heterocycles. The molecule has 5 nitrogen and oxygen atoms in total. The Balaban J connectivity index is 1.53. The van der Waals surface area contributed by atoms with E-state index in [1.165, 1.54) is 12.1 Å². The van der Waals surface area contributed by atoms with E-state index in [1.807, 2.05) is 36.4 Å². The molecule has 30 heavy (non-hydrogen) atoms. The number of rotatable bonds is 5. The second kappa shape index (κ2) is 8.74. The van der Waals surface area contributed by atoms with Crippen molar-refractivity contribution < 1.29 is 23.9 Å². The lowest BCUT2D eigenvalue weighted by atomic mass is 9.66. The normalized spacial score (nSPS) is 28.4. The third-order valence-electron chi connectivity index (χ3n) is 6.78. The Morgan fingerprint density at radius 2 is 1.90 bits per heavy atom. The fraction of sp³-hybridized carbons (Fsp3) is 0.458. The number of anilines is 1. The first-order chi connectivity index (χ1) is 14.5. The van der Waals surface area contributed by atoms with Crippen molar-refractivity contribution in [2.45, 2.75) is 43.7 Å². The summed E-state index contributed by atoms with van der Waals surface area (Å²) >= 11 is 0. The first-order valence-corrected chi connectivity index (χ1v) is 10.7. The van der Waals surface area contributed by atoms with Gasteiger partial charge in [-0.3, -0.25) is 4.79 Å². The fourth-order valence-electron chi connectivity index (χ4n) is 5.28. The number of nitrogens with one attached hydrogen (secondary N) is 2. The quantitative estimate of drug-likeness (QED) is 0.706. The number of ether oxygens (including phenoxy) is 1. The van der Waals surface area contributed by atoms with Gasteiger partial charge in [0, 0.05) is 23.6 Å². The SMILES string of the molecule is COc1ccc(NC(=O)C[NH+]2CC[C@@]3(O)CCCC[C@H]3[C@H]2c2ccc(F)cc2)cc1. The van der Waals surface area contributed by atoms with E-state index < -0.39 is 5.60 Å². The van der Waals surface area contributed by atoms with Crippen molar-refractivity contribution in [2.24, 2.45) is 5.92 Å². The number of aliphatic hydroxyl groups is 1. The minimum atomic E-state index is -0.687. The maximum Gasteiger partial charge on any atom is 0.279 e. The molecule has 2 aromatic carbocycles. The number of carbonyl (C=O) groups excluding carboxylic acids is 1. The van der Waals surface area contributed by atoms with Crippen LogP contribution in [0.5, 0.6) is 5.75 Å². The van der Waals surface area contributed by atoms with Crippen LogP contribution >= 0.6 is 0 Å². The van der Waals surface area contributed by atoms with Gasteiger partial charge in [-0.15, -0.1) is 0 Å². The molecule has 0 aromatic heterocycles. The summed E-state index contributed by atoms with van der Waals surface area (Å²) in [5, 5.41) is 14.3. The van der Waals surface area contributed by atoms with Gasteiger partial charge in [0.1, 0.15) is 17.6 Å². The number of piperidine rings is 1. The molecular formula is C24H30FN2O3+. The number of likely N-dealkylation sites (tertiary alicyclic amines) is 1. The minimum absolute atomic E-state index is 0.0220. The third kappa shape index (κ3) is 4.35. The maximum absolute atomic E-state index is 13.5. The van der Waals surface area contributed by atoms with Gasteiger partial charge in [0.05, 0.1) is 19.3 Å². The highest BCUT2D eigenvalue weighted by Gasteiger charge is 2.51. The molecule has 0 spiro atoms. The van der Waals surface area contributed by atoms with Crippen LogP contribution in [0.15, 0.2) is 48.5 Å². The summed E-state index contributed by atoms with van der Waals surface area (Å²) in [6.45, 7) is 1.02. The smallest absolute Gasteiger partial charge is 0.279 e. The second-order valence-corrected chi connectivity index (χ2v) is 8.60. The van der Waals surface area contributed by atoms with Crippen molar-refractivity contribution >= 4 is 11.6 Å². The highest BCUT2D eigenvalue weighted by Crippen LogP contribution is 2.44. The Morgan fingerprint density at radius 3 is 2.60 bits per heavy atom. The predicted molar refractivity (Wildman–Crippen MR) is 113 cm³/mol. The molecule has 2 aliphatic rings. The fourth-order valence-corrected chi connectivity index (χ4v) is 5.28. The van der Waals surface area contributed by atoms with E-state index >= 15 is 0 Å². The first-order valence-electron chi connectivity index (χ1n) is 10.7. The highest BCUT2D eigenvalue weighted by atomic mass is 19.1. The zero-order chi connectivity index (χ0) is 21.1. The molecule has 1 saturated heterocycles. The van der Waals surface area contributed by atoms with Gasteiger partial charge in [0.15, 0.2) is 6.54 Å². The van der Waals surface area contributed by atoms with Crippen molar-refractivity contribution in [3.63, 3.8) is 0 Å². The lowest BCUT2D eigenvalue weighted by Crippen LogP contribution is -3.16. The lowest BCUT2D eigenvalue weighted by molar-refractivity contribution is -0.937. The number of carbonyl (C=O) groups is 1. The van der Waals surface area contributed by atoms with Crippen LogP contribution in [0.3, 0.4) is 0 Å². The van der Waals surface area contributed by atoms with Crippen LogP contribution in [0, 0.1) is 11.7 Å². The zero-order valence-corrected chi connectivity index (χ0v) is 17.4. The number of halogens is 1. The molecule has 0 bridgehead atoms. The topological polar surface area (TPSA) is 63.0 Å². The van der Waals surface area contributed by atoms with E-state index in [0.29, 0.717) is 19.5 Å². The molecule has 1 saturated carbocycles. The molecule has 0 radical (unpaired) electrons. The Bertz CT molecular complexity index is 871. The Labute approximate surface area is 176 Å². The minimum Gasteiger partial charge on any atom is -0.497 e. The Kier molecular flexibility index (Phi) is 6.06. The Morgan fingerprint density at radius 1 is 1.17 bits per heavy atom. The maximum atomic E-state index is 13.5. The van der Waals surface area contributed by atoms with Gasteiger partial charge in [-0.1, -0.05) is 25.0 Å². The number of methoxy groups -OCH3 is 1. The van der Waals surface area contributed by atoms with Crippen LogP contribution < -0.4 is 15.0 Å². The van der Waals surface area contributed by atoms with Gasteiger partial charge in [-0.05, 0) is 49.2 Å². The van der Waals surface area contributed by atoms with Crippen LogP contribution in [0.4, 0.5) is 10.1 Å². The molecule has 6 heteroatoms. The number of amides is 1. The largest absolute Gasteiger partial charge is 0.497 e. The highest BCUT2D eigenvalue weighted by molar-refractivity contribution is 5.91. The van der Waals surface area contributed by atoms with Gasteiger partial charge in [0.2, 0.25) is 0 Å². The average Bonchev–Trinajstić information content (AvgIpc) is 2.75. The zero-order valence-electron chi connectivity index (χ0n) is 17.4. The summed E-state index contributed by atoms with van der Waals surface area (Å²) in [6, 6.07) is 13.8. The van der Waals surface area contributed by atoms with Crippen molar-refractivity contribution in [2.75, 3.05) is 25.5 Å². The van der Waals surface area contributed by atoms with Crippen LogP contribution in [0.25, 0.3) is 0 Å². The third-order valence-corrected chi connectivity index (χ3v) is 6.78. The van der Waals surface area contributed by atoms with Gasteiger partial charge in [-0.2, -0.15) is 0 Å². The monoisotopic (exact) mass is 413 g/mol. The van der Waals surface area contributed by atoms with Crippen molar-refractivity contribution in [1.82, 2.24) is 0 Å². The summed E-state index contributed by atoms with van der Waals surface area (Å²) in [6.07, 6.45) is 4.55.